The Morgan fingerprint density at radius 2 is 1.88 bits per heavy atom. The van der Waals surface area contributed by atoms with Crippen LogP contribution in [-0.4, -0.2) is 29.3 Å². The summed E-state index contributed by atoms with van der Waals surface area (Å²) < 4.78 is 38.5. The molecule has 0 spiro atoms. The summed E-state index contributed by atoms with van der Waals surface area (Å²) in [5.74, 6) is -0.382. The fourth-order valence-electron chi connectivity index (χ4n) is 4.02. The lowest BCUT2D eigenvalue weighted by molar-refractivity contribution is -0.138. The van der Waals surface area contributed by atoms with Crippen molar-refractivity contribution < 1.29 is 22.8 Å². The number of allylic oxidation sites excluding steroid dienone is 1. The fourth-order valence-corrected chi connectivity index (χ4v) is 4.31. The van der Waals surface area contributed by atoms with E-state index in [9.17, 15) is 22.8 Å². The van der Waals surface area contributed by atoms with E-state index in [1.165, 1.54) is 19.1 Å². The van der Waals surface area contributed by atoms with Crippen molar-refractivity contribution in [3.63, 3.8) is 0 Å². The number of rotatable bonds is 6. The van der Waals surface area contributed by atoms with Crippen LogP contribution in [0.2, 0.25) is 5.02 Å². The molecule has 0 unspecified atom stereocenters. The van der Waals surface area contributed by atoms with Crippen molar-refractivity contribution in [3.05, 3.63) is 70.9 Å². The highest BCUT2D eigenvalue weighted by Gasteiger charge is 2.31. The first-order valence-electron chi connectivity index (χ1n) is 11.0. The summed E-state index contributed by atoms with van der Waals surface area (Å²) >= 11 is 6.52. The Kier molecular flexibility index (Phi) is 8.25. The summed E-state index contributed by atoms with van der Waals surface area (Å²) in [6.45, 7) is 4.16. The second-order valence-corrected chi connectivity index (χ2v) is 8.59. The molecule has 2 aromatic carbocycles. The van der Waals surface area contributed by atoms with Crippen molar-refractivity contribution >= 4 is 34.8 Å². The lowest BCUT2D eigenvalue weighted by Crippen LogP contribution is -2.49. The normalized spacial score (nSPS) is 16.5. The van der Waals surface area contributed by atoms with E-state index < -0.39 is 17.8 Å². The number of anilines is 2. The highest BCUT2D eigenvalue weighted by atomic mass is 35.5. The third-order valence-electron chi connectivity index (χ3n) is 5.70. The van der Waals surface area contributed by atoms with Crippen LogP contribution in [0.5, 0.6) is 0 Å². The molecule has 34 heavy (non-hydrogen) atoms. The molecule has 5 nitrogen and oxygen atoms in total. The van der Waals surface area contributed by atoms with E-state index in [0.29, 0.717) is 41.5 Å². The van der Waals surface area contributed by atoms with Crippen LogP contribution in [0.15, 0.2) is 54.7 Å². The maximum atomic E-state index is 12.8. The molecule has 2 aromatic rings. The highest BCUT2D eigenvalue weighted by molar-refractivity contribution is 6.33. The number of halogens is 4. The molecule has 3 rings (SSSR count). The number of likely N-dealkylation sites (tertiary alicyclic amines) is 1. The molecule has 1 saturated heterocycles. The van der Waals surface area contributed by atoms with Gasteiger partial charge >= 0.3 is 6.18 Å². The molecule has 0 saturated carbocycles. The van der Waals surface area contributed by atoms with Gasteiger partial charge in [-0.2, -0.15) is 13.2 Å². The zero-order chi connectivity index (χ0) is 24.9. The number of amides is 2. The molecule has 1 fully saturated rings. The van der Waals surface area contributed by atoms with E-state index in [1.807, 2.05) is 11.8 Å². The lowest BCUT2D eigenvalue weighted by atomic mass is 10.0. The molecule has 9 heteroatoms. The molecule has 2 amide bonds. The molecule has 1 N–H and O–H groups in total. The summed E-state index contributed by atoms with van der Waals surface area (Å²) in [5, 5.41) is 3.22. The first-order valence-corrected chi connectivity index (χ1v) is 11.4. The van der Waals surface area contributed by atoms with Crippen molar-refractivity contribution in [1.29, 1.82) is 0 Å². The van der Waals surface area contributed by atoms with Crippen molar-refractivity contribution in [2.75, 3.05) is 16.8 Å². The van der Waals surface area contributed by atoms with Crippen LogP contribution in [0.1, 0.15) is 44.2 Å². The van der Waals surface area contributed by atoms with Crippen LogP contribution >= 0.6 is 11.6 Å². The van der Waals surface area contributed by atoms with E-state index in [-0.39, 0.29) is 11.8 Å². The molecule has 0 aromatic heterocycles. The van der Waals surface area contributed by atoms with Gasteiger partial charge in [-0.25, -0.2) is 0 Å². The topological polar surface area (TPSA) is 52.7 Å². The Morgan fingerprint density at radius 3 is 2.47 bits per heavy atom. The number of nitrogens with one attached hydrogen (secondary N) is 1. The molecule has 182 valence electrons. The van der Waals surface area contributed by atoms with Crippen molar-refractivity contribution in [3.8, 4) is 0 Å². The van der Waals surface area contributed by atoms with Gasteiger partial charge in [0, 0.05) is 31.9 Å². The minimum absolute atomic E-state index is 0.126. The molecule has 0 aliphatic carbocycles. The summed E-state index contributed by atoms with van der Waals surface area (Å²) in [6, 6.07) is 9.55. The number of benzene rings is 2. The zero-order valence-electron chi connectivity index (χ0n) is 19.0. The molecule has 1 aliphatic rings. The predicted molar refractivity (Wildman–Crippen MR) is 128 cm³/mol. The van der Waals surface area contributed by atoms with Gasteiger partial charge in [0.15, 0.2) is 0 Å². The highest BCUT2D eigenvalue weighted by Crippen LogP contribution is 2.32. The zero-order valence-corrected chi connectivity index (χ0v) is 19.8. The second-order valence-electron chi connectivity index (χ2n) is 8.18. The predicted octanol–water partition coefficient (Wildman–Crippen LogP) is 6.24. The van der Waals surface area contributed by atoms with Gasteiger partial charge in [-0.15, -0.1) is 0 Å². The maximum Gasteiger partial charge on any atom is 0.416 e. The Bertz CT molecular complexity index is 1050. The van der Waals surface area contributed by atoms with Crippen LogP contribution in [0.4, 0.5) is 24.5 Å². The number of carbonyl (C=O) groups is 2. The second kappa shape index (κ2) is 11.0. The van der Waals surface area contributed by atoms with Gasteiger partial charge in [-0.05, 0) is 62.1 Å². The van der Waals surface area contributed by atoms with Crippen LogP contribution in [0, 0.1) is 0 Å². The average molecular weight is 494 g/mol. The minimum Gasteiger partial charge on any atom is -0.343 e. The van der Waals surface area contributed by atoms with Crippen LogP contribution < -0.4 is 10.2 Å². The largest absolute Gasteiger partial charge is 0.416 e. The summed E-state index contributed by atoms with van der Waals surface area (Å²) in [6.07, 6.45) is 1.57. The van der Waals surface area contributed by atoms with Crippen molar-refractivity contribution in [2.45, 2.75) is 51.9 Å². The molecule has 0 radical (unpaired) electrons. The van der Waals surface area contributed by atoms with Crippen LogP contribution in [0.25, 0.3) is 0 Å². The van der Waals surface area contributed by atoms with E-state index in [2.05, 4.69) is 5.32 Å². The quantitative estimate of drug-likeness (QED) is 0.518. The van der Waals surface area contributed by atoms with Crippen molar-refractivity contribution in [2.24, 2.45) is 0 Å². The first-order chi connectivity index (χ1) is 16.1. The summed E-state index contributed by atoms with van der Waals surface area (Å²) in [7, 11) is 0. The molecule has 0 bridgehead atoms. The van der Waals surface area contributed by atoms with E-state index in [4.69, 9.17) is 11.6 Å². The Hall–Kier alpha value is -3.00. The smallest absolute Gasteiger partial charge is 0.343 e. The van der Waals surface area contributed by atoms with Gasteiger partial charge in [0.2, 0.25) is 11.8 Å². The first kappa shape index (κ1) is 25.6. The third-order valence-corrected chi connectivity index (χ3v) is 6.00. The van der Waals surface area contributed by atoms with Crippen LogP contribution in [0.3, 0.4) is 0 Å². The number of nitrogens with zero attached hydrogens (tertiary/aromatic N) is 2. The number of hydrogen-bond donors (Lipinski definition) is 1. The van der Waals surface area contributed by atoms with Gasteiger partial charge in [0.05, 0.1) is 16.3 Å². The number of hydrogen-bond acceptors (Lipinski definition) is 3. The number of carbonyl (C=O) groups excluding carboxylic acids is 2. The molecular weight excluding hydrogens is 467 g/mol. The van der Waals surface area contributed by atoms with Gasteiger partial charge < -0.3 is 15.1 Å². The fraction of sp³-hybridized carbons (Fsp3) is 0.360. The number of alkyl halides is 3. The lowest BCUT2D eigenvalue weighted by Gasteiger charge is -2.34. The maximum absolute atomic E-state index is 12.8. The number of piperidine rings is 1. The Balaban J connectivity index is 1.75. The SMILES string of the molecule is C/C=C/N(Cc1ccc(C(F)(F)F)cc1)c1ccc(NC(=O)[C@H]2CCCCN2C(C)=O)cc1Cl. The molecule has 1 atom stereocenters. The van der Waals surface area contributed by atoms with Gasteiger partial charge in [0.25, 0.3) is 0 Å². The molecule has 1 heterocycles. The van der Waals surface area contributed by atoms with Crippen LogP contribution in [-0.2, 0) is 22.3 Å². The third kappa shape index (κ3) is 6.32. The summed E-state index contributed by atoms with van der Waals surface area (Å²) in [5.41, 5.74) is 1.12. The minimum atomic E-state index is -4.38. The van der Waals surface area contributed by atoms with Gasteiger partial charge in [-0.3, -0.25) is 9.59 Å². The Labute approximate surface area is 202 Å². The average Bonchev–Trinajstić information content (AvgIpc) is 2.78. The van der Waals surface area contributed by atoms with Crippen molar-refractivity contribution in [1.82, 2.24) is 4.90 Å². The monoisotopic (exact) mass is 493 g/mol. The van der Waals surface area contributed by atoms with E-state index in [1.54, 1.807) is 35.4 Å². The standard InChI is InChI=1S/C25H27ClF3N3O2/c1-3-13-31(16-18-7-9-19(10-8-18)25(27,28)29)22-12-11-20(15-21(22)26)30-24(34)23-6-4-5-14-32(23)17(2)33/h3,7-13,15,23H,4-6,14,16H2,1-2H3,(H,30,34)/b13-3+/t23-/m1/s1. The molecule has 1 aliphatic heterocycles. The van der Waals surface area contributed by atoms with E-state index in [0.717, 1.165) is 25.0 Å². The van der Waals surface area contributed by atoms with Gasteiger partial charge in [0.1, 0.15) is 6.04 Å². The molecular formula is C25H27ClF3N3O2. The van der Waals surface area contributed by atoms with Gasteiger partial charge in [-0.1, -0.05) is 29.8 Å². The van der Waals surface area contributed by atoms with E-state index >= 15 is 0 Å². The summed E-state index contributed by atoms with van der Waals surface area (Å²) in [4.78, 5) is 28.1. The Morgan fingerprint density at radius 1 is 1.18 bits per heavy atom.